The van der Waals surface area contributed by atoms with Gasteiger partial charge >= 0.3 is 0 Å². The quantitative estimate of drug-likeness (QED) is 0.789. The lowest BCUT2D eigenvalue weighted by atomic mass is 10.1. The molecule has 0 aliphatic carbocycles. The molecule has 2 atom stereocenters. The smallest absolute Gasteiger partial charge is 0.267 e. The van der Waals surface area contributed by atoms with Gasteiger partial charge in [0.15, 0.2) is 6.10 Å². The minimum Gasteiger partial charge on any atom is -0.479 e. The van der Waals surface area contributed by atoms with E-state index >= 15 is 0 Å². The molecule has 1 heterocycles. The fourth-order valence-corrected chi connectivity index (χ4v) is 1.97. The van der Waals surface area contributed by atoms with Crippen molar-refractivity contribution < 1.29 is 14.6 Å². The number of nitrogens with two attached hydrogens (primary N) is 1. The monoisotopic (exact) mass is 250 g/mol. The normalized spacial score (nSPS) is 20.3. The van der Waals surface area contributed by atoms with Crippen molar-refractivity contribution in [1.29, 1.82) is 0 Å². The third-order valence-corrected chi connectivity index (χ3v) is 2.96. The first-order valence-electron chi connectivity index (χ1n) is 6.04. The molecule has 98 valence electrons. The average molecular weight is 250 g/mol. The molecule has 0 radical (unpaired) electrons. The molecular weight excluding hydrogens is 232 g/mol. The molecule has 0 saturated heterocycles. The van der Waals surface area contributed by atoms with E-state index in [1.807, 2.05) is 0 Å². The molecule has 0 aromatic heterocycles. The van der Waals surface area contributed by atoms with Gasteiger partial charge < -0.3 is 20.5 Å². The van der Waals surface area contributed by atoms with Gasteiger partial charge in [0.1, 0.15) is 5.75 Å². The number of ether oxygens (including phenoxy) is 1. The molecule has 0 saturated carbocycles. The van der Waals surface area contributed by atoms with Crippen LogP contribution in [0.3, 0.4) is 0 Å². The topological polar surface area (TPSA) is 75.8 Å². The number of hydrogen-bond donors (Lipinski definition) is 2. The van der Waals surface area contributed by atoms with Crippen molar-refractivity contribution in [3.63, 3.8) is 0 Å². The molecular formula is C13H18N2O3. The maximum Gasteiger partial charge on any atom is 0.267 e. The fourth-order valence-electron chi connectivity index (χ4n) is 1.97. The summed E-state index contributed by atoms with van der Waals surface area (Å²) < 4.78 is 5.53. The Morgan fingerprint density at radius 2 is 2.28 bits per heavy atom. The van der Waals surface area contributed by atoms with Crippen LogP contribution in [-0.2, 0) is 4.79 Å². The van der Waals surface area contributed by atoms with E-state index in [4.69, 9.17) is 10.5 Å². The van der Waals surface area contributed by atoms with E-state index in [2.05, 4.69) is 0 Å². The molecule has 1 amide bonds. The van der Waals surface area contributed by atoms with Gasteiger partial charge in [-0.2, -0.15) is 0 Å². The summed E-state index contributed by atoms with van der Waals surface area (Å²) in [5, 5.41) is 9.34. The van der Waals surface area contributed by atoms with Gasteiger partial charge in [0.05, 0.1) is 11.8 Å². The van der Waals surface area contributed by atoms with Crippen LogP contribution in [0.5, 0.6) is 5.75 Å². The minimum absolute atomic E-state index is 0.0899. The first-order valence-corrected chi connectivity index (χ1v) is 6.04. The highest BCUT2D eigenvalue weighted by molar-refractivity contribution is 6.00. The largest absolute Gasteiger partial charge is 0.479 e. The maximum absolute atomic E-state index is 12.1. The molecule has 0 fully saturated rings. The zero-order valence-corrected chi connectivity index (χ0v) is 10.6. The second kappa shape index (κ2) is 4.86. The van der Waals surface area contributed by atoms with Crippen LogP contribution in [0.2, 0.25) is 0 Å². The highest BCUT2D eigenvalue weighted by Crippen LogP contribution is 2.35. The van der Waals surface area contributed by atoms with Gasteiger partial charge in [-0.05, 0) is 32.4 Å². The molecule has 1 aromatic carbocycles. The summed E-state index contributed by atoms with van der Waals surface area (Å²) in [5.74, 6) is 0.528. The Kier molecular flexibility index (Phi) is 3.43. The van der Waals surface area contributed by atoms with Crippen molar-refractivity contribution >= 4 is 17.3 Å². The van der Waals surface area contributed by atoms with Gasteiger partial charge in [0.2, 0.25) is 0 Å². The highest BCUT2D eigenvalue weighted by atomic mass is 16.5. The lowest BCUT2D eigenvalue weighted by Crippen LogP contribution is -2.45. The van der Waals surface area contributed by atoms with E-state index < -0.39 is 12.2 Å². The second-order valence-corrected chi connectivity index (χ2v) is 4.61. The maximum atomic E-state index is 12.1. The number of hydrogen-bond acceptors (Lipinski definition) is 4. The molecule has 1 aliphatic rings. The number of carbonyl (C=O) groups is 1. The third-order valence-electron chi connectivity index (χ3n) is 2.96. The molecule has 1 aliphatic heterocycles. The molecule has 18 heavy (non-hydrogen) atoms. The summed E-state index contributed by atoms with van der Waals surface area (Å²) in [6, 6.07) is 5.23. The molecule has 5 heteroatoms. The van der Waals surface area contributed by atoms with Crippen molar-refractivity contribution in [3.05, 3.63) is 18.2 Å². The number of benzene rings is 1. The van der Waals surface area contributed by atoms with Gasteiger partial charge in [0.25, 0.3) is 5.91 Å². The molecule has 5 nitrogen and oxygen atoms in total. The van der Waals surface area contributed by atoms with Crippen LogP contribution in [0, 0.1) is 0 Å². The number of nitrogens with zero attached hydrogens (tertiary/aromatic N) is 1. The Bertz CT molecular complexity index is 460. The SMILES string of the molecule is CC(O)CCN1C(=O)C(C)Oc2cc(N)ccc21. The molecule has 2 rings (SSSR count). The van der Waals surface area contributed by atoms with Crippen LogP contribution in [0.1, 0.15) is 20.3 Å². The van der Waals surface area contributed by atoms with Crippen LogP contribution in [0.25, 0.3) is 0 Å². The van der Waals surface area contributed by atoms with Crippen molar-refractivity contribution in [3.8, 4) is 5.75 Å². The summed E-state index contributed by atoms with van der Waals surface area (Å²) in [6.45, 7) is 3.89. The van der Waals surface area contributed by atoms with Crippen LogP contribution in [0.4, 0.5) is 11.4 Å². The van der Waals surface area contributed by atoms with Crippen molar-refractivity contribution in [2.24, 2.45) is 0 Å². The van der Waals surface area contributed by atoms with Gasteiger partial charge in [-0.15, -0.1) is 0 Å². The molecule has 1 aromatic rings. The summed E-state index contributed by atoms with van der Waals surface area (Å²) >= 11 is 0. The van der Waals surface area contributed by atoms with E-state index in [1.54, 1.807) is 36.9 Å². The highest BCUT2D eigenvalue weighted by Gasteiger charge is 2.31. The average Bonchev–Trinajstić information content (AvgIpc) is 2.29. The van der Waals surface area contributed by atoms with Crippen molar-refractivity contribution in [2.45, 2.75) is 32.5 Å². The second-order valence-electron chi connectivity index (χ2n) is 4.61. The molecule has 0 bridgehead atoms. The van der Waals surface area contributed by atoms with E-state index in [9.17, 15) is 9.90 Å². The van der Waals surface area contributed by atoms with Crippen molar-refractivity contribution in [2.75, 3.05) is 17.2 Å². The Hall–Kier alpha value is -1.75. The summed E-state index contributed by atoms with van der Waals surface area (Å²) in [4.78, 5) is 13.7. The van der Waals surface area contributed by atoms with Crippen LogP contribution in [-0.4, -0.2) is 29.8 Å². The third kappa shape index (κ3) is 2.41. The Balaban J connectivity index is 2.30. The number of rotatable bonds is 3. The van der Waals surface area contributed by atoms with E-state index in [-0.39, 0.29) is 5.91 Å². The zero-order chi connectivity index (χ0) is 13.3. The Morgan fingerprint density at radius 1 is 1.56 bits per heavy atom. The molecule has 3 N–H and O–H groups in total. The predicted molar refractivity (Wildman–Crippen MR) is 69.6 cm³/mol. The predicted octanol–water partition coefficient (Wildman–Crippen LogP) is 1.15. The molecule has 0 spiro atoms. The van der Waals surface area contributed by atoms with Crippen LogP contribution in [0.15, 0.2) is 18.2 Å². The number of fused-ring (bicyclic) bond motifs is 1. The van der Waals surface area contributed by atoms with Crippen LogP contribution >= 0.6 is 0 Å². The lowest BCUT2D eigenvalue weighted by molar-refractivity contribution is -0.125. The number of nitrogen functional groups attached to an aromatic ring is 1. The van der Waals surface area contributed by atoms with E-state index in [1.165, 1.54) is 0 Å². The first-order chi connectivity index (χ1) is 8.49. The van der Waals surface area contributed by atoms with Gasteiger partial charge in [0, 0.05) is 18.3 Å². The number of aliphatic hydroxyl groups is 1. The van der Waals surface area contributed by atoms with E-state index in [0.29, 0.717) is 30.1 Å². The fraction of sp³-hybridized carbons (Fsp3) is 0.462. The number of aliphatic hydroxyl groups excluding tert-OH is 1. The molecule has 2 unspecified atom stereocenters. The van der Waals surface area contributed by atoms with E-state index in [0.717, 1.165) is 0 Å². The van der Waals surface area contributed by atoms with Crippen molar-refractivity contribution in [1.82, 2.24) is 0 Å². The summed E-state index contributed by atoms with van der Waals surface area (Å²) in [6.07, 6.45) is -0.427. The number of carbonyl (C=O) groups excluding carboxylic acids is 1. The first kappa shape index (κ1) is 12.7. The zero-order valence-electron chi connectivity index (χ0n) is 10.6. The van der Waals surface area contributed by atoms with Gasteiger partial charge in [-0.1, -0.05) is 0 Å². The number of anilines is 2. The Morgan fingerprint density at radius 3 is 2.94 bits per heavy atom. The standard InChI is InChI=1S/C13H18N2O3/c1-8(16)5-6-15-11-4-3-10(14)7-12(11)18-9(2)13(15)17/h3-4,7-9,16H,5-6,14H2,1-2H3. The van der Waals surface area contributed by atoms with Gasteiger partial charge in [-0.3, -0.25) is 4.79 Å². The van der Waals surface area contributed by atoms with Gasteiger partial charge in [-0.25, -0.2) is 0 Å². The lowest BCUT2D eigenvalue weighted by Gasteiger charge is -2.33. The van der Waals surface area contributed by atoms with Crippen LogP contribution < -0.4 is 15.4 Å². The summed E-state index contributed by atoms with van der Waals surface area (Å²) in [5.41, 5.74) is 7.02. The minimum atomic E-state index is -0.520. The summed E-state index contributed by atoms with van der Waals surface area (Å²) in [7, 11) is 0. The number of amides is 1. The Labute approximate surface area is 106 Å².